The van der Waals surface area contributed by atoms with Gasteiger partial charge in [-0.15, -0.1) is 0 Å². The van der Waals surface area contributed by atoms with E-state index >= 15 is 0 Å². The van der Waals surface area contributed by atoms with Crippen molar-refractivity contribution in [3.05, 3.63) is 28.8 Å². The normalized spacial score (nSPS) is 24.3. The maximum Gasteiger partial charge on any atom is 0.308 e. The zero-order valence-corrected chi connectivity index (χ0v) is 11.6. The molecule has 0 aromatic heterocycles. The van der Waals surface area contributed by atoms with E-state index in [-0.39, 0.29) is 17.7 Å². The highest BCUT2D eigenvalue weighted by molar-refractivity contribution is 6.32. The maximum absolute atomic E-state index is 11.2. The maximum atomic E-state index is 11.2. The van der Waals surface area contributed by atoms with Crippen LogP contribution >= 0.6 is 11.6 Å². The second kappa shape index (κ2) is 5.80. The summed E-state index contributed by atoms with van der Waals surface area (Å²) >= 11 is 6.07. The van der Waals surface area contributed by atoms with E-state index in [1.807, 2.05) is 13.0 Å². The molecule has 0 spiro atoms. The van der Waals surface area contributed by atoms with E-state index in [1.165, 1.54) is 0 Å². The quantitative estimate of drug-likeness (QED) is 0.895. The van der Waals surface area contributed by atoms with E-state index < -0.39 is 5.97 Å². The molecule has 5 heteroatoms. The van der Waals surface area contributed by atoms with Crippen LogP contribution in [0.25, 0.3) is 0 Å². The van der Waals surface area contributed by atoms with E-state index in [0.29, 0.717) is 11.6 Å². The number of likely N-dealkylation sites (tertiary alicyclic amines) is 1. The summed E-state index contributed by atoms with van der Waals surface area (Å²) in [5, 5.41) is 19.1. The molecule has 1 aromatic rings. The van der Waals surface area contributed by atoms with Gasteiger partial charge >= 0.3 is 5.97 Å². The highest BCUT2D eigenvalue weighted by Crippen LogP contribution is 2.30. The Hall–Kier alpha value is -1.26. The van der Waals surface area contributed by atoms with Gasteiger partial charge in [-0.2, -0.15) is 0 Å². The Morgan fingerprint density at radius 1 is 1.53 bits per heavy atom. The van der Waals surface area contributed by atoms with Gasteiger partial charge in [0, 0.05) is 12.6 Å². The van der Waals surface area contributed by atoms with Crippen molar-refractivity contribution in [2.45, 2.75) is 32.4 Å². The Morgan fingerprint density at radius 3 is 2.95 bits per heavy atom. The van der Waals surface area contributed by atoms with Gasteiger partial charge in [-0.1, -0.05) is 23.7 Å². The molecule has 0 aliphatic carbocycles. The minimum atomic E-state index is -0.737. The van der Waals surface area contributed by atoms with Gasteiger partial charge in [-0.25, -0.2) is 0 Å². The third kappa shape index (κ3) is 3.01. The lowest BCUT2D eigenvalue weighted by Gasteiger charge is -2.37. The number of phenolic OH excluding ortho intramolecular Hbond substituents is 1. The van der Waals surface area contributed by atoms with E-state index in [4.69, 9.17) is 11.6 Å². The van der Waals surface area contributed by atoms with Crippen LogP contribution in [0.15, 0.2) is 18.2 Å². The Morgan fingerprint density at radius 2 is 2.26 bits per heavy atom. The van der Waals surface area contributed by atoms with Gasteiger partial charge in [-0.3, -0.25) is 9.69 Å². The van der Waals surface area contributed by atoms with E-state index in [2.05, 4.69) is 4.90 Å². The number of aromatic hydroxyl groups is 1. The molecule has 0 radical (unpaired) electrons. The number of halogens is 1. The first-order chi connectivity index (χ1) is 9.00. The Bertz CT molecular complexity index is 478. The summed E-state index contributed by atoms with van der Waals surface area (Å²) in [7, 11) is 0. The molecule has 1 aliphatic heterocycles. The first kappa shape index (κ1) is 14.2. The van der Waals surface area contributed by atoms with Gasteiger partial charge in [0.25, 0.3) is 0 Å². The predicted molar refractivity (Wildman–Crippen MR) is 73.3 cm³/mol. The fourth-order valence-corrected chi connectivity index (χ4v) is 2.86. The third-order valence-corrected chi connectivity index (χ3v) is 4.30. The predicted octanol–water partition coefficient (Wildman–Crippen LogP) is 2.73. The number of piperidine rings is 1. The minimum absolute atomic E-state index is 0.0235. The van der Waals surface area contributed by atoms with E-state index in [9.17, 15) is 15.0 Å². The van der Waals surface area contributed by atoms with Crippen LogP contribution in [-0.2, 0) is 11.3 Å². The van der Waals surface area contributed by atoms with Crippen LogP contribution in [0, 0.1) is 5.92 Å². The summed E-state index contributed by atoms with van der Waals surface area (Å²) in [4.78, 5) is 13.3. The van der Waals surface area contributed by atoms with Gasteiger partial charge in [0.2, 0.25) is 0 Å². The zero-order chi connectivity index (χ0) is 14.0. The van der Waals surface area contributed by atoms with Gasteiger partial charge in [0.1, 0.15) is 5.75 Å². The van der Waals surface area contributed by atoms with Gasteiger partial charge < -0.3 is 10.2 Å². The minimum Gasteiger partial charge on any atom is -0.506 e. The number of aliphatic carboxylic acids is 1. The molecule has 2 rings (SSSR count). The van der Waals surface area contributed by atoms with Crippen LogP contribution in [0.5, 0.6) is 5.75 Å². The van der Waals surface area contributed by atoms with Crippen molar-refractivity contribution in [3.8, 4) is 5.75 Å². The summed E-state index contributed by atoms with van der Waals surface area (Å²) < 4.78 is 0. The zero-order valence-electron chi connectivity index (χ0n) is 10.8. The Labute approximate surface area is 117 Å². The number of phenols is 1. The van der Waals surface area contributed by atoms with Crippen molar-refractivity contribution < 1.29 is 15.0 Å². The molecule has 1 heterocycles. The first-order valence-electron chi connectivity index (χ1n) is 6.44. The van der Waals surface area contributed by atoms with Crippen LogP contribution < -0.4 is 0 Å². The van der Waals surface area contributed by atoms with E-state index in [0.717, 1.165) is 24.9 Å². The second-order valence-corrected chi connectivity index (χ2v) is 5.43. The number of hydrogen-bond donors (Lipinski definition) is 2. The lowest BCUT2D eigenvalue weighted by molar-refractivity contribution is -0.145. The SMILES string of the molecule is C[C@@H]1[C@H](C(=O)O)CCCN1Cc1cccc(O)c1Cl. The molecule has 0 amide bonds. The van der Waals surface area contributed by atoms with Crippen molar-refractivity contribution in [1.82, 2.24) is 4.90 Å². The number of carboxylic acid groups (broad SMARTS) is 1. The number of carboxylic acids is 1. The fourth-order valence-electron chi connectivity index (χ4n) is 2.67. The molecular formula is C14H18ClNO3. The van der Waals surface area contributed by atoms with Gasteiger partial charge in [-0.05, 0) is 37.9 Å². The number of carbonyl (C=O) groups is 1. The largest absolute Gasteiger partial charge is 0.506 e. The van der Waals surface area contributed by atoms with E-state index in [1.54, 1.807) is 12.1 Å². The molecule has 0 unspecified atom stereocenters. The lowest BCUT2D eigenvalue weighted by atomic mass is 9.90. The molecule has 1 fully saturated rings. The van der Waals surface area contributed by atoms with Crippen LogP contribution in [0.3, 0.4) is 0 Å². The van der Waals surface area contributed by atoms with Crippen molar-refractivity contribution in [1.29, 1.82) is 0 Å². The Balaban J connectivity index is 2.14. The lowest BCUT2D eigenvalue weighted by Crippen LogP contribution is -2.45. The molecule has 0 bridgehead atoms. The highest BCUT2D eigenvalue weighted by atomic mass is 35.5. The number of hydrogen-bond acceptors (Lipinski definition) is 3. The molecule has 19 heavy (non-hydrogen) atoms. The van der Waals surface area contributed by atoms with Crippen molar-refractivity contribution in [3.63, 3.8) is 0 Å². The number of benzene rings is 1. The van der Waals surface area contributed by atoms with Crippen LogP contribution in [-0.4, -0.2) is 33.7 Å². The summed E-state index contributed by atoms with van der Waals surface area (Å²) in [6.45, 7) is 3.36. The number of rotatable bonds is 3. The first-order valence-corrected chi connectivity index (χ1v) is 6.81. The molecule has 4 nitrogen and oxygen atoms in total. The third-order valence-electron chi connectivity index (χ3n) is 3.87. The van der Waals surface area contributed by atoms with Crippen molar-refractivity contribution >= 4 is 17.6 Å². The molecule has 1 saturated heterocycles. The monoisotopic (exact) mass is 283 g/mol. The second-order valence-electron chi connectivity index (χ2n) is 5.05. The Kier molecular flexibility index (Phi) is 4.32. The highest BCUT2D eigenvalue weighted by Gasteiger charge is 2.32. The molecule has 1 aliphatic rings. The molecule has 0 saturated carbocycles. The molecule has 104 valence electrons. The van der Waals surface area contributed by atoms with Crippen LogP contribution in [0.1, 0.15) is 25.3 Å². The summed E-state index contributed by atoms with van der Waals surface area (Å²) in [5.74, 6) is -0.998. The number of nitrogens with zero attached hydrogens (tertiary/aromatic N) is 1. The topological polar surface area (TPSA) is 60.8 Å². The van der Waals surface area contributed by atoms with Crippen molar-refractivity contribution in [2.24, 2.45) is 5.92 Å². The molecule has 1 aromatic carbocycles. The summed E-state index contributed by atoms with van der Waals surface area (Å²) in [6, 6.07) is 5.13. The summed E-state index contributed by atoms with van der Waals surface area (Å²) in [6.07, 6.45) is 1.60. The molecule has 2 atom stereocenters. The standard InChI is InChI=1S/C14H18ClNO3/c1-9-11(14(18)19)5-3-7-16(9)8-10-4-2-6-12(17)13(10)15/h2,4,6,9,11,17H,3,5,7-8H2,1H3,(H,18,19)/t9-,11-/m1/s1. The van der Waals surface area contributed by atoms with Gasteiger partial charge in [0.05, 0.1) is 10.9 Å². The molecule has 2 N–H and O–H groups in total. The molecular weight excluding hydrogens is 266 g/mol. The summed E-state index contributed by atoms with van der Waals surface area (Å²) in [5.41, 5.74) is 0.833. The average molecular weight is 284 g/mol. The van der Waals surface area contributed by atoms with Gasteiger partial charge in [0.15, 0.2) is 0 Å². The fraction of sp³-hybridized carbons (Fsp3) is 0.500. The van der Waals surface area contributed by atoms with Crippen LogP contribution in [0.2, 0.25) is 5.02 Å². The average Bonchev–Trinajstić information content (AvgIpc) is 2.37. The smallest absolute Gasteiger partial charge is 0.308 e. The van der Waals surface area contributed by atoms with Crippen molar-refractivity contribution in [2.75, 3.05) is 6.54 Å². The van der Waals surface area contributed by atoms with Crippen LogP contribution in [0.4, 0.5) is 0 Å².